The molecule has 5 rings (SSSR count). The van der Waals surface area contributed by atoms with Crippen LogP contribution in [0.25, 0.3) is 0 Å². The number of benzene rings is 1. The fraction of sp³-hybridized carbons (Fsp3) is 0.522. The van der Waals surface area contributed by atoms with Crippen molar-refractivity contribution in [3.8, 4) is 0 Å². The number of hydrogen-bond acceptors (Lipinski definition) is 4. The highest BCUT2D eigenvalue weighted by molar-refractivity contribution is 5.79. The molecule has 1 N–H and O–H groups in total. The van der Waals surface area contributed by atoms with E-state index in [1.165, 1.54) is 36.0 Å². The average molecular weight is 377 g/mol. The minimum absolute atomic E-state index is 0.0327. The molecule has 1 aromatic carbocycles. The molecule has 0 unspecified atom stereocenters. The summed E-state index contributed by atoms with van der Waals surface area (Å²) in [6.45, 7) is 2.63. The van der Waals surface area contributed by atoms with E-state index in [0.29, 0.717) is 6.42 Å². The van der Waals surface area contributed by atoms with Gasteiger partial charge in [-0.05, 0) is 55.2 Å². The Morgan fingerprint density at radius 1 is 1.11 bits per heavy atom. The van der Waals surface area contributed by atoms with E-state index in [-0.39, 0.29) is 11.9 Å². The third-order valence-corrected chi connectivity index (χ3v) is 6.47. The summed E-state index contributed by atoms with van der Waals surface area (Å²) in [5, 5.41) is 3.36. The average Bonchev–Trinajstić information content (AvgIpc) is 3.23. The van der Waals surface area contributed by atoms with Crippen LogP contribution in [-0.2, 0) is 37.0 Å². The lowest BCUT2D eigenvalue weighted by atomic mass is 9.90. The van der Waals surface area contributed by atoms with Crippen molar-refractivity contribution in [1.29, 1.82) is 0 Å². The SMILES string of the molecule is O=C(Cc1ccc2c(c1)CCCC2)N1CCC[C@@H]1c1ncc2c(n1)CCNC2. The number of carbonyl (C=O) groups excluding carboxylic acids is 1. The Bertz CT molecular complexity index is 894. The van der Waals surface area contributed by atoms with Crippen molar-refractivity contribution >= 4 is 5.91 Å². The molecule has 2 aliphatic heterocycles. The lowest BCUT2D eigenvalue weighted by molar-refractivity contribution is -0.131. The van der Waals surface area contributed by atoms with Gasteiger partial charge in [0.15, 0.2) is 5.82 Å². The molecular weight excluding hydrogens is 348 g/mol. The van der Waals surface area contributed by atoms with E-state index in [1.807, 2.05) is 11.1 Å². The second kappa shape index (κ2) is 7.63. The van der Waals surface area contributed by atoms with E-state index in [4.69, 9.17) is 4.98 Å². The molecule has 0 bridgehead atoms. The number of rotatable bonds is 3. The number of nitrogens with one attached hydrogen (secondary N) is 1. The van der Waals surface area contributed by atoms with E-state index in [9.17, 15) is 4.79 Å². The van der Waals surface area contributed by atoms with Crippen LogP contribution < -0.4 is 5.32 Å². The molecule has 2 aromatic rings. The summed E-state index contributed by atoms with van der Waals surface area (Å²) in [7, 11) is 0. The van der Waals surface area contributed by atoms with Crippen LogP contribution in [0.5, 0.6) is 0 Å². The number of aryl methyl sites for hydroxylation is 2. The Morgan fingerprint density at radius 2 is 2.00 bits per heavy atom. The Hall–Kier alpha value is -2.27. The molecule has 0 radical (unpaired) electrons. The van der Waals surface area contributed by atoms with Crippen molar-refractivity contribution in [3.05, 3.63) is 58.2 Å². The predicted molar refractivity (Wildman–Crippen MR) is 108 cm³/mol. The zero-order valence-corrected chi connectivity index (χ0v) is 16.4. The van der Waals surface area contributed by atoms with E-state index in [2.05, 4.69) is 28.5 Å². The van der Waals surface area contributed by atoms with Gasteiger partial charge in [-0.2, -0.15) is 0 Å². The van der Waals surface area contributed by atoms with Crippen LogP contribution in [0.2, 0.25) is 0 Å². The van der Waals surface area contributed by atoms with Crippen LogP contribution in [0, 0.1) is 0 Å². The maximum atomic E-state index is 13.1. The van der Waals surface area contributed by atoms with Gasteiger partial charge in [0.2, 0.25) is 5.91 Å². The molecule has 3 heterocycles. The fourth-order valence-electron chi connectivity index (χ4n) is 4.92. The van der Waals surface area contributed by atoms with Crippen molar-refractivity contribution in [3.63, 3.8) is 0 Å². The molecule has 5 nitrogen and oxygen atoms in total. The monoisotopic (exact) mass is 376 g/mol. The van der Waals surface area contributed by atoms with Crippen molar-refractivity contribution < 1.29 is 4.79 Å². The van der Waals surface area contributed by atoms with Gasteiger partial charge < -0.3 is 10.2 Å². The van der Waals surface area contributed by atoms with Crippen LogP contribution in [-0.4, -0.2) is 33.9 Å². The summed E-state index contributed by atoms with van der Waals surface area (Å²) >= 11 is 0. The molecule has 1 aromatic heterocycles. The van der Waals surface area contributed by atoms with Gasteiger partial charge in [-0.3, -0.25) is 4.79 Å². The second-order valence-electron chi connectivity index (χ2n) is 8.36. The van der Waals surface area contributed by atoms with E-state index < -0.39 is 0 Å². The summed E-state index contributed by atoms with van der Waals surface area (Å²) in [5.41, 5.74) is 6.41. The molecule has 1 atom stereocenters. The van der Waals surface area contributed by atoms with Gasteiger partial charge in [-0.1, -0.05) is 18.2 Å². The first-order valence-corrected chi connectivity index (χ1v) is 10.7. The van der Waals surface area contributed by atoms with Gasteiger partial charge >= 0.3 is 0 Å². The standard InChI is InChI=1S/C23H28N4O/c28-22(13-16-7-8-17-4-1-2-5-18(17)12-16)27-11-3-6-21(27)23-25-15-19-14-24-10-9-20(19)26-23/h7-8,12,15,21,24H,1-6,9-11,13-14H2/t21-/m1/s1. The molecule has 1 saturated heterocycles. The van der Waals surface area contributed by atoms with Crippen molar-refractivity contribution in [2.24, 2.45) is 0 Å². The Morgan fingerprint density at radius 3 is 2.93 bits per heavy atom. The first-order chi connectivity index (χ1) is 13.8. The Labute approximate surface area is 166 Å². The van der Waals surface area contributed by atoms with Gasteiger partial charge in [0.05, 0.1) is 12.5 Å². The highest BCUT2D eigenvalue weighted by atomic mass is 16.2. The van der Waals surface area contributed by atoms with Gasteiger partial charge in [-0.15, -0.1) is 0 Å². The lowest BCUT2D eigenvalue weighted by Gasteiger charge is -2.25. The number of likely N-dealkylation sites (tertiary alicyclic amines) is 1. The van der Waals surface area contributed by atoms with E-state index >= 15 is 0 Å². The van der Waals surface area contributed by atoms with Crippen LogP contribution in [0.1, 0.15) is 65.5 Å². The van der Waals surface area contributed by atoms with Crippen molar-refractivity contribution in [2.45, 2.75) is 64.0 Å². The zero-order valence-electron chi connectivity index (χ0n) is 16.4. The second-order valence-corrected chi connectivity index (χ2v) is 8.36. The quantitative estimate of drug-likeness (QED) is 0.895. The summed E-state index contributed by atoms with van der Waals surface area (Å²) in [6, 6.07) is 6.68. The molecule has 146 valence electrons. The number of amides is 1. The minimum atomic E-state index is 0.0327. The zero-order chi connectivity index (χ0) is 18.9. The van der Waals surface area contributed by atoms with Crippen molar-refractivity contribution in [1.82, 2.24) is 20.2 Å². The molecule has 0 spiro atoms. The molecule has 0 saturated carbocycles. The van der Waals surface area contributed by atoms with Crippen LogP contribution >= 0.6 is 0 Å². The van der Waals surface area contributed by atoms with E-state index in [1.54, 1.807) is 0 Å². The number of fused-ring (bicyclic) bond motifs is 2. The third-order valence-electron chi connectivity index (χ3n) is 6.47. The largest absolute Gasteiger partial charge is 0.332 e. The fourth-order valence-corrected chi connectivity index (χ4v) is 4.92. The smallest absolute Gasteiger partial charge is 0.227 e. The van der Waals surface area contributed by atoms with Gasteiger partial charge in [-0.25, -0.2) is 9.97 Å². The maximum absolute atomic E-state index is 13.1. The highest BCUT2D eigenvalue weighted by Gasteiger charge is 2.32. The van der Waals surface area contributed by atoms with Crippen LogP contribution in [0.15, 0.2) is 24.4 Å². The number of nitrogens with zero attached hydrogens (tertiary/aromatic N) is 3. The summed E-state index contributed by atoms with van der Waals surface area (Å²) in [5.74, 6) is 1.04. The van der Waals surface area contributed by atoms with Gasteiger partial charge in [0, 0.05) is 43.5 Å². The molecule has 5 heteroatoms. The molecular formula is C23H28N4O. The Balaban J connectivity index is 1.33. The Kier molecular flexibility index (Phi) is 4.85. The molecule has 28 heavy (non-hydrogen) atoms. The first kappa shape index (κ1) is 17.8. The molecule has 1 aliphatic carbocycles. The summed E-state index contributed by atoms with van der Waals surface area (Å²) < 4.78 is 0. The number of hydrogen-bond donors (Lipinski definition) is 1. The molecule has 3 aliphatic rings. The van der Waals surface area contributed by atoms with Gasteiger partial charge in [0.25, 0.3) is 0 Å². The van der Waals surface area contributed by atoms with Crippen LogP contribution in [0.4, 0.5) is 0 Å². The first-order valence-electron chi connectivity index (χ1n) is 10.7. The summed E-state index contributed by atoms with van der Waals surface area (Å²) in [4.78, 5) is 24.6. The maximum Gasteiger partial charge on any atom is 0.227 e. The topological polar surface area (TPSA) is 58.1 Å². The molecule has 1 amide bonds. The lowest BCUT2D eigenvalue weighted by Crippen LogP contribution is -2.33. The number of aromatic nitrogens is 2. The third kappa shape index (κ3) is 3.44. The summed E-state index contributed by atoms with van der Waals surface area (Å²) in [6.07, 6.45) is 10.3. The van der Waals surface area contributed by atoms with E-state index in [0.717, 1.165) is 62.4 Å². The normalized spacial score (nSPS) is 21.3. The molecule has 1 fully saturated rings. The number of carbonyl (C=O) groups is 1. The van der Waals surface area contributed by atoms with Gasteiger partial charge in [0.1, 0.15) is 0 Å². The highest BCUT2D eigenvalue weighted by Crippen LogP contribution is 2.31. The van der Waals surface area contributed by atoms with Crippen molar-refractivity contribution in [2.75, 3.05) is 13.1 Å². The van der Waals surface area contributed by atoms with Crippen LogP contribution in [0.3, 0.4) is 0 Å². The minimum Gasteiger partial charge on any atom is -0.332 e. The predicted octanol–water partition coefficient (Wildman–Crippen LogP) is 2.91.